The van der Waals surface area contributed by atoms with E-state index in [1.807, 2.05) is 54.6 Å². The van der Waals surface area contributed by atoms with Gasteiger partial charge in [-0.1, -0.05) is 42.2 Å². The molecule has 0 atom stereocenters. The number of nitrogens with one attached hydrogen (secondary N) is 1. The lowest BCUT2D eigenvalue weighted by molar-refractivity contribution is 0.141. The number of hydrogen-bond acceptors (Lipinski definition) is 2. The molecular weight excluding hydrogens is 377 g/mol. The Morgan fingerprint density at radius 1 is 1.10 bits per heavy atom. The fourth-order valence-corrected chi connectivity index (χ4v) is 1.93. The molecule has 0 aliphatic rings. The fourth-order valence-electron chi connectivity index (χ4n) is 1.57. The van der Waals surface area contributed by atoms with Crippen molar-refractivity contribution in [3.8, 4) is 11.8 Å². The van der Waals surface area contributed by atoms with Crippen LogP contribution in [0.1, 0.15) is 11.1 Å². The van der Waals surface area contributed by atoms with Crippen LogP contribution in [0.15, 0.2) is 54.6 Å². The van der Waals surface area contributed by atoms with Gasteiger partial charge in [-0.15, -0.1) is 0 Å². The minimum Gasteiger partial charge on any atom is -0.445 e. The number of hydrogen-bond donors (Lipinski definition) is 1. The number of halogens is 1. The molecule has 21 heavy (non-hydrogen) atoms. The molecule has 4 heteroatoms. The second-order valence-corrected chi connectivity index (χ2v) is 5.47. The van der Waals surface area contributed by atoms with Crippen LogP contribution in [0.4, 0.5) is 4.79 Å². The maximum absolute atomic E-state index is 11.5. The third-order valence-electron chi connectivity index (χ3n) is 2.61. The van der Waals surface area contributed by atoms with Gasteiger partial charge < -0.3 is 10.1 Å². The normalized spacial score (nSPS) is 9.38. The molecule has 0 fully saturated rings. The van der Waals surface area contributed by atoms with Gasteiger partial charge in [-0.05, 0) is 52.4 Å². The molecule has 0 aromatic heterocycles. The van der Waals surface area contributed by atoms with Gasteiger partial charge in [-0.25, -0.2) is 4.79 Å². The number of amides is 1. The summed E-state index contributed by atoms with van der Waals surface area (Å²) in [6.07, 6.45) is -0.462. The SMILES string of the molecule is O=C(NCC#Cc1ccc(I)cc1)OCc1ccccc1. The van der Waals surface area contributed by atoms with Crippen molar-refractivity contribution in [3.63, 3.8) is 0 Å². The molecule has 2 aromatic carbocycles. The third-order valence-corrected chi connectivity index (χ3v) is 3.33. The van der Waals surface area contributed by atoms with Crippen molar-refractivity contribution in [1.82, 2.24) is 5.32 Å². The lowest BCUT2D eigenvalue weighted by atomic mass is 10.2. The van der Waals surface area contributed by atoms with Crippen molar-refractivity contribution in [2.24, 2.45) is 0 Å². The van der Waals surface area contributed by atoms with E-state index in [1.165, 1.54) is 3.57 Å². The van der Waals surface area contributed by atoms with Crippen LogP contribution in [0.5, 0.6) is 0 Å². The largest absolute Gasteiger partial charge is 0.445 e. The molecule has 1 amide bonds. The molecular formula is C17H14INO2. The van der Waals surface area contributed by atoms with E-state index in [4.69, 9.17) is 4.74 Å². The molecule has 0 spiro atoms. The monoisotopic (exact) mass is 391 g/mol. The highest BCUT2D eigenvalue weighted by molar-refractivity contribution is 14.1. The molecule has 1 N–H and O–H groups in total. The van der Waals surface area contributed by atoms with E-state index in [-0.39, 0.29) is 13.2 Å². The van der Waals surface area contributed by atoms with Crippen molar-refractivity contribution >= 4 is 28.7 Å². The van der Waals surface area contributed by atoms with Crippen molar-refractivity contribution in [1.29, 1.82) is 0 Å². The topological polar surface area (TPSA) is 38.3 Å². The maximum atomic E-state index is 11.5. The van der Waals surface area contributed by atoms with E-state index >= 15 is 0 Å². The van der Waals surface area contributed by atoms with E-state index in [9.17, 15) is 4.79 Å². The van der Waals surface area contributed by atoms with Crippen molar-refractivity contribution < 1.29 is 9.53 Å². The van der Waals surface area contributed by atoms with Gasteiger partial charge in [0.25, 0.3) is 0 Å². The summed E-state index contributed by atoms with van der Waals surface area (Å²) in [5.74, 6) is 5.86. The Balaban J connectivity index is 1.71. The van der Waals surface area contributed by atoms with Crippen LogP contribution >= 0.6 is 22.6 Å². The summed E-state index contributed by atoms with van der Waals surface area (Å²) in [6, 6.07) is 17.4. The Kier molecular flexibility index (Phi) is 6.10. The van der Waals surface area contributed by atoms with Gasteiger partial charge in [0.05, 0.1) is 6.54 Å². The van der Waals surface area contributed by atoms with Crippen molar-refractivity contribution in [3.05, 3.63) is 69.3 Å². The standard InChI is InChI=1S/C17H14INO2/c18-16-10-8-14(9-11-16)7-4-12-19-17(20)21-13-15-5-2-1-3-6-15/h1-3,5-6,8-11H,12-13H2,(H,19,20). The number of rotatable bonds is 3. The van der Waals surface area contributed by atoms with Crippen LogP contribution in [-0.2, 0) is 11.3 Å². The molecule has 0 aliphatic heterocycles. The second kappa shape index (κ2) is 8.32. The molecule has 0 heterocycles. The first-order valence-electron chi connectivity index (χ1n) is 6.43. The molecule has 106 valence electrons. The summed E-state index contributed by atoms with van der Waals surface area (Å²) in [7, 11) is 0. The zero-order chi connectivity index (χ0) is 14.9. The van der Waals surface area contributed by atoms with Crippen LogP contribution in [-0.4, -0.2) is 12.6 Å². The summed E-state index contributed by atoms with van der Waals surface area (Å²) >= 11 is 2.24. The molecule has 0 saturated carbocycles. The lowest BCUT2D eigenvalue weighted by Gasteiger charge is -2.04. The van der Waals surface area contributed by atoms with E-state index in [0.29, 0.717) is 0 Å². The van der Waals surface area contributed by atoms with Gasteiger partial charge in [-0.2, -0.15) is 0 Å². The van der Waals surface area contributed by atoms with Gasteiger partial charge in [0.15, 0.2) is 0 Å². The van der Waals surface area contributed by atoms with E-state index in [1.54, 1.807) is 0 Å². The van der Waals surface area contributed by atoms with E-state index < -0.39 is 6.09 Å². The smallest absolute Gasteiger partial charge is 0.408 e. The predicted octanol–water partition coefficient (Wildman–Crippen LogP) is 3.57. The highest BCUT2D eigenvalue weighted by atomic mass is 127. The van der Waals surface area contributed by atoms with Crippen LogP contribution in [0.3, 0.4) is 0 Å². The summed E-state index contributed by atoms with van der Waals surface area (Å²) in [6.45, 7) is 0.525. The molecule has 3 nitrogen and oxygen atoms in total. The molecule has 0 bridgehead atoms. The lowest BCUT2D eigenvalue weighted by Crippen LogP contribution is -2.24. The molecule has 0 aliphatic carbocycles. The van der Waals surface area contributed by atoms with Crippen molar-refractivity contribution in [2.45, 2.75) is 6.61 Å². The van der Waals surface area contributed by atoms with Gasteiger partial charge in [0, 0.05) is 9.13 Å². The molecule has 0 unspecified atom stereocenters. The first-order chi connectivity index (χ1) is 10.2. The highest BCUT2D eigenvalue weighted by Gasteiger charge is 1.99. The molecule has 2 rings (SSSR count). The number of benzene rings is 2. The molecule has 0 radical (unpaired) electrons. The second-order valence-electron chi connectivity index (χ2n) is 4.22. The van der Waals surface area contributed by atoms with Gasteiger partial charge in [-0.3, -0.25) is 0 Å². The average Bonchev–Trinajstić information content (AvgIpc) is 2.52. The van der Waals surface area contributed by atoms with Crippen LogP contribution < -0.4 is 5.32 Å². The van der Waals surface area contributed by atoms with Crippen LogP contribution in [0.2, 0.25) is 0 Å². The van der Waals surface area contributed by atoms with Gasteiger partial charge in [0.2, 0.25) is 0 Å². The first-order valence-corrected chi connectivity index (χ1v) is 7.51. The summed E-state index contributed by atoms with van der Waals surface area (Å²) < 4.78 is 6.24. The Labute approximate surface area is 137 Å². The molecule has 2 aromatic rings. The fraction of sp³-hybridized carbons (Fsp3) is 0.118. The van der Waals surface area contributed by atoms with Gasteiger partial charge >= 0.3 is 6.09 Å². The van der Waals surface area contributed by atoms with E-state index in [2.05, 4.69) is 39.7 Å². The Morgan fingerprint density at radius 3 is 2.52 bits per heavy atom. The Hall–Kier alpha value is -2.00. The van der Waals surface area contributed by atoms with E-state index in [0.717, 1.165) is 11.1 Å². The quantitative estimate of drug-likeness (QED) is 0.642. The number of carbonyl (C=O) groups excluding carboxylic acids is 1. The zero-order valence-electron chi connectivity index (χ0n) is 11.3. The summed E-state index contributed by atoms with van der Waals surface area (Å²) in [5, 5.41) is 2.60. The predicted molar refractivity (Wildman–Crippen MR) is 90.7 cm³/mol. The number of ether oxygens (including phenoxy) is 1. The zero-order valence-corrected chi connectivity index (χ0v) is 13.5. The van der Waals surface area contributed by atoms with Crippen LogP contribution in [0, 0.1) is 15.4 Å². The Morgan fingerprint density at radius 2 is 1.81 bits per heavy atom. The first kappa shape index (κ1) is 15.4. The van der Waals surface area contributed by atoms with Crippen molar-refractivity contribution in [2.75, 3.05) is 6.54 Å². The van der Waals surface area contributed by atoms with Gasteiger partial charge in [0.1, 0.15) is 6.61 Å². The summed E-state index contributed by atoms with van der Waals surface area (Å²) in [4.78, 5) is 11.5. The minimum absolute atomic E-state index is 0.261. The highest BCUT2D eigenvalue weighted by Crippen LogP contribution is 2.05. The van der Waals surface area contributed by atoms with Crippen LogP contribution in [0.25, 0.3) is 0 Å². The molecule has 0 saturated heterocycles. The summed E-state index contributed by atoms with van der Waals surface area (Å²) in [5.41, 5.74) is 1.88. The third kappa shape index (κ3) is 5.88. The number of carbonyl (C=O) groups is 1. The minimum atomic E-state index is -0.462. The average molecular weight is 391 g/mol. The Bertz CT molecular complexity index is 642. The number of alkyl carbamates (subject to hydrolysis) is 1. The maximum Gasteiger partial charge on any atom is 0.408 e.